The lowest BCUT2D eigenvalue weighted by Crippen LogP contribution is -2.49. The molecule has 1 aliphatic heterocycles. The second kappa shape index (κ2) is 8.69. The third-order valence-corrected chi connectivity index (χ3v) is 5.53. The fourth-order valence-corrected chi connectivity index (χ4v) is 4.12. The second-order valence-corrected chi connectivity index (χ2v) is 7.84. The van der Waals surface area contributed by atoms with Crippen LogP contribution in [-0.4, -0.2) is 51.3 Å². The highest BCUT2D eigenvalue weighted by molar-refractivity contribution is 5.48. The Hall–Kier alpha value is -2.80. The van der Waals surface area contributed by atoms with Crippen molar-refractivity contribution in [3.63, 3.8) is 0 Å². The molecule has 0 radical (unpaired) electrons. The van der Waals surface area contributed by atoms with Crippen molar-refractivity contribution in [3.8, 4) is 0 Å². The van der Waals surface area contributed by atoms with Crippen molar-refractivity contribution < 1.29 is 4.39 Å². The lowest BCUT2D eigenvalue weighted by molar-refractivity contribution is 0.135. The molecule has 0 bridgehead atoms. The molecule has 4 rings (SSSR count). The van der Waals surface area contributed by atoms with Gasteiger partial charge in [0.25, 0.3) is 0 Å². The van der Waals surface area contributed by atoms with Gasteiger partial charge < -0.3 is 4.90 Å². The zero-order chi connectivity index (χ0) is 20.2. The molecular formula is C22H27FN6. The van der Waals surface area contributed by atoms with E-state index in [1.165, 1.54) is 11.6 Å². The molecule has 2 heterocycles. The van der Waals surface area contributed by atoms with Crippen molar-refractivity contribution in [2.45, 2.75) is 26.4 Å². The first-order valence-corrected chi connectivity index (χ1v) is 10.2. The summed E-state index contributed by atoms with van der Waals surface area (Å²) in [5, 5.41) is 12.6. The van der Waals surface area contributed by atoms with Crippen LogP contribution in [0.1, 0.15) is 31.3 Å². The van der Waals surface area contributed by atoms with Crippen LogP contribution in [0.3, 0.4) is 0 Å². The van der Waals surface area contributed by atoms with Gasteiger partial charge in [0.2, 0.25) is 0 Å². The molecule has 7 heteroatoms. The molecule has 6 nitrogen and oxygen atoms in total. The Labute approximate surface area is 170 Å². The molecule has 1 atom stereocenters. The van der Waals surface area contributed by atoms with E-state index in [2.05, 4.69) is 51.3 Å². The van der Waals surface area contributed by atoms with Crippen molar-refractivity contribution in [2.75, 3.05) is 31.1 Å². The second-order valence-electron chi connectivity index (χ2n) is 7.84. The number of hydrogen-bond acceptors (Lipinski definition) is 5. The lowest BCUT2D eigenvalue weighted by atomic mass is 10.0. The van der Waals surface area contributed by atoms with Crippen molar-refractivity contribution in [2.24, 2.45) is 5.92 Å². The van der Waals surface area contributed by atoms with E-state index in [4.69, 9.17) is 0 Å². The maximum atomic E-state index is 14.2. The number of nitrogens with zero attached hydrogens (tertiary/aromatic N) is 6. The highest BCUT2D eigenvalue weighted by atomic mass is 19.1. The van der Waals surface area contributed by atoms with E-state index in [1.807, 2.05) is 35.0 Å². The number of hydrogen-bond donors (Lipinski definition) is 0. The van der Waals surface area contributed by atoms with Gasteiger partial charge in [-0.2, -0.15) is 0 Å². The summed E-state index contributed by atoms with van der Waals surface area (Å²) in [6.45, 7) is 8.31. The predicted octanol–water partition coefficient (Wildman–Crippen LogP) is 3.38. The van der Waals surface area contributed by atoms with Crippen molar-refractivity contribution in [1.29, 1.82) is 0 Å². The van der Waals surface area contributed by atoms with Crippen LogP contribution in [0.5, 0.6) is 0 Å². The summed E-state index contributed by atoms with van der Waals surface area (Å²) in [5.74, 6) is 1.09. The molecule has 0 saturated carbocycles. The van der Waals surface area contributed by atoms with Gasteiger partial charge in [-0.3, -0.25) is 4.90 Å². The zero-order valence-electron chi connectivity index (χ0n) is 16.9. The van der Waals surface area contributed by atoms with Crippen LogP contribution in [0.25, 0.3) is 0 Å². The van der Waals surface area contributed by atoms with Crippen LogP contribution in [0.2, 0.25) is 0 Å². The Balaban J connectivity index is 1.50. The minimum Gasteiger partial charge on any atom is -0.367 e. The minimum atomic E-state index is -0.159. The first-order valence-electron chi connectivity index (χ1n) is 10.2. The number of anilines is 1. The summed E-state index contributed by atoms with van der Waals surface area (Å²) in [6, 6.07) is 17.4. The van der Waals surface area contributed by atoms with Gasteiger partial charge in [0, 0.05) is 26.2 Å². The van der Waals surface area contributed by atoms with E-state index >= 15 is 0 Å². The summed E-state index contributed by atoms with van der Waals surface area (Å²) in [5.41, 5.74) is 1.86. The van der Waals surface area contributed by atoms with Crippen molar-refractivity contribution in [1.82, 2.24) is 25.1 Å². The van der Waals surface area contributed by atoms with Gasteiger partial charge in [-0.1, -0.05) is 56.3 Å². The van der Waals surface area contributed by atoms with Gasteiger partial charge >= 0.3 is 0 Å². The van der Waals surface area contributed by atoms with Crippen LogP contribution in [0.4, 0.5) is 10.1 Å². The largest absolute Gasteiger partial charge is 0.367 e. The fraction of sp³-hybridized carbons (Fsp3) is 0.409. The molecule has 1 fully saturated rings. The normalized spacial score (nSPS) is 16.3. The topological polar surface area (TPSA) is 50.1 Å². The van der Waals surface area contributed by atoms with Gasteiger partial charge in [0.1, 0.15) is 5.82 Å². The van der Waals surface area contributed by atoms with Crippen LogP contribution in [0.15, 0.2) is 54.6 Å². The number of benzene rings is 2. The summed E-state index contributed by atoms with van der Waals surface area (Å²) in [4.78, 5) is 4.55. The van der Waals surface area contributed by atoms with Gasteiger partial charge in [-0.05, 0) is 34.0 Å². The number of tetrazole rings is 1. The third-order valence-electron chi connectivity index (χ3n) is 5.53. The highest BCUT2D eigenvalue weighted by Gasteiger charge is 2.31. The average Bonchev–Trinajstić information content (AvgIpc) is 3.17. The molecule has 1 saturated heterocycles. The van der Waals surface area contributed by atoms with Crippen molar-refractivity contribution in [3.05, 3.63) is 71.8 Å². The van der Waals surface area contributed by atoms with Gasteiger partial charge in [-0.25, -0.2) is 9.07 Å². The third kappa shape index (κ3) is 4.29. The van der Waals surface area contributed by atoms with E-state index in [0.717, 1.165) is 32.0 Å². The minimum absolute atomic E-state index is 0.122. The maximum absolute atomic E-state index is 14.2. The Morgan fingerprint density at radius 2 is 1.62 bits per heavy atom. The highest BCUT2D eigenvalue weighted by Crippen LogP contribution is 2.29. The van der Waals surface area contributed by atoms with Crippen LogP contribution in [0, 0.1) is 11.7 Å². The lowest BCUT2D eigenvalue weighted by Gasteiger charge is -2.41. The molecule has 2 aromatic carbocycles. The molecule has 29 heavy (non-hydrogen) atoms. The Bertz CT molecular complexity index is 918. The van der Waals surface area contributed by atoms with Crippen LogP contribution >= 0.6 is 0 Å². The predicted molar refractivity (Wildman–Crippen MR) is 111 cm³/mol. The number of rotatable bonds is 6. The molecule has 0 amide bonds. The standard InChI is InChI=1S/C22H27FN6/c1-17(2)21(22-24-25-26-29(22)16-18-8-4-3-5-9-18)28-14-12-27(13-15-28)20-11-7-6-10-19(20)23/h3-11,17,21H,12-16H2,1-2H3/t21-/m0/s1. The smallest absolute Gasteiger partial charge is 0.169 e. The number of para-hydroxylation sites is 1. The maximum Gasteiger partial charge on any atom is 0.169 e. The van der Waals surface area contributed by atoms with E-state index in [9.17, 15) is 4.39 Å². The summed E-state index contributed by atoms with van der Waals surface area (Å²) in [7, 11) is 0. The number of halogens is 1. The van der Waals surface area contributed by atoms with Gasteiger partial charge in [0.15, 0.2) is 5.82 Å². The van der Waals surface area contributed by atoms with E-state index < -0.39 is 0 Å². The number of piperazine rings is 1. The summed E-state index contributed by atoms with van der Waals surface area (Å²) >= 11 is 0. The molecule has 1 aromatic heterocycles. The van der Waals surface area contributed by atoms with E-state index in [1.54, 1.807) is 6.07 Å². The van der Waals surface area contributed by atoms with E-state index in [-0.39, 0.29) is 11.9 Å². The van der Waals surface area contributed by atoms with Gasteiger partial charge in [-0.15, -0.1) is 5.10 Å². The van der Waals surface area contributed by atoms with Crippen LogP contribution in [-0.2, 0) is 6.54 Å². The number of aromatic nitrogens is 4. The molecule has 0 unspecified atom stereocenters. The monoisotopic (exact) mass is 394 g/mol. The average molecular weight is 394 g/mol. The summed E-state index contributed by atoms with van der Waals surface area (Å²) < 4.78 is 16.1. The van der Waals surface area contributed by atoms with Gasteiger partial charge in [0.05, 0.1) is 18.3 Å². The molecule has 3 aromatic rings. The zero-order valence-corrected chi connectivity index (χ0v) is 16.9. The molecule has 0 aliphatic carbocycles. The Morgan fingerprint density at radius 1 is 0.931 bits per heavy atom. The van der Waals surface area contributed by atoms with Crippen LogP contribution < -0.4 is 4.90 Å². The van der Waals surface area contributed by atoms with Crippen molar-refractivity contribution >= 4 is 5.69 Å². The first-order chi connectivity index (χ1) is 14.1. The van der Waals surface area contributed by atoms with E-state index in [0.29, 0.717) is 18.2 Å². The Kier molecular flexibility index (Phi) is 5.85. The summed E-state index contributed by atoms with van der Waals surface area (Å²) in [6.07, 6.45) is 0. The fourth-order valence-electron chi connectivity index (χ4n) is 4.12. The molecular weight excluding hydrogens is 367 g/mol. The first kappa shape index (κ1) is 19.5. The Morgan fingerprint density at radius 3 is 2.31 bits per heavy atom. The molecule has 0 spiro atoms. The molecule has 1 aliphatic rings. The molecule has 152 valence electrons. The SMILES string of the molecule is CC(C)[C@@H](c1nnnn1Cc1ccccc1)N1CCN(c2ccccc2F)CC1. The molecule has 0 N–H and O–H groups in total. The quantitative estimate of drug-likeness (QED) is 0.642.